The van der Waals surface area contributed by atoms with E-state index in [9.17, 15) is 9.59 Å². The number of carbonyl (C=O) groups excluding carboxylic acids is 2. The molecule has 1 fully saturated rings. The van der Waals surface area contributed by atoms with Gasteiger partial charge in [0.2, 0.25) is 5.91 Å². The average molecular weight is 329 g/mol. The van der Waals surface area contributed by atoms with Crippen molar-refractivity contribution in [2.24, 2.45) is 0 Å². The van der Waals surface area contributed by atoms with E-state index in [1.165, 1.54) is 0 Å². The average Bonchev–Trinajstić information content (AvgIpc) is 2.93. The van der Waals surface area contributed by atoms with Crippen LogP contribution >= 0.6 is 23.2 Å². The number of hydrogen-bond donors (Lipinski definition) is 1. The van der Waals surface area contributed by atoms with Crippen molar-refractivity contribution in [2.75, 3.05) is 23.9 Å². The number of nitrogens with one attached hydrogen (secondary N) is 1. The molecule has 1 atom stereocenters. The van der Waals surface area contributed by atoms with Crippen LogP contribution in [0.3, 0.4) is 0 Å². The lowest BCUT2D eigenvalue weighted by Crippen LogP contribution is -2.37. The first-order valence-electron chi connectivity index (χ1n) is 6.99. The first kappa shape index (κ1) is 16.1. The third-order valence-electron chi connectivity index (χ3n) is 3.55. The molecule has 1 aromatic rings. The molecule has 1 aliphatic rings. The predicted molar refractivity (Wildman–Crippen MR) is 85.6 cm³/mol. The second kappa shape index (κ2) is 7.66. The summed E-state index contributed by atoms with van der Waals surface area (Å²) in [6.07, 6.45) is 2.83. The molecule has 6 heteroatoms. The van der Waals surface area contributed by atoms with Crippen molar-refractivity contribution in [3.63, 3.8) is 0 Å². The maximum atomic E-state index is 11.7. The van der Waals surface area contributed by atoms with Gasteiger partial charge in [-0.05, 0) is 31.0 Å². The van der Waals surface area contributed by atoms with Crippen LogP contribution in [0.4, 0.5) is 5.69 Å². The smallest absolute Gasteiger partial charge is 0.220 e. The van der Waals surface area contributed by atoms with Crippen LogP contribution < -0.4 is 10.2 Å². The Balaban J connectivity index is 1.97. The molecule has 0 saturated carbocycles. The molecule has 0 bridgehead atoms. The van der Waals surface area contributed by atoms with E-state index < -0.39 is 0 Å². The number of halogens is 2. The van der Waals surface area contributed by atoms with Gasteiger partial charge in [-0.25, -0.2) is 0 Å². The van der Waals surface area contributed by atoms with Gasteiger partial charge < -0.3 is 10.2 Å². The largest absolute Gasteiger partial charge is 0.369 e. The standard InChI is InChI=1S/C15H18Cl2N2O2/c16-6-1-2-15(21)18-13-5-7-19(9-13)14-8-12(17)4-3-11(14)10-20/h3-4,8,10,13H,1-2,5-7,9H2,(H,18,21)/t13-/m1/s1. The molecule has 1 N–H and O–H groups in total. The Labute approximate surface area is 134 Å². The minimum atomic E-state index is 0.0317. The van der Waals surface area contributed by atoms with Crippen molar-refractivity contribution in [1.82, 2.24) is 5.32 Å². The van der Waals surface area contributed by atoms with Crippen molar-refractivity contribution >= 4 is 41.1 Å². The summed E-state index contributed by atoms with van der Waals surface area (Å²) in [4.78, 5) is 24.9. The molecule has 1 heterocycles. The van der Waals surface area contributed by atoms with Crippen molar-refractivity contribution in [3.05, 3.63) is 28.8 Å². The number of aldehydes is 1. The molecule has 0 unspecified atom stereocenters. The first-order chi connectivity index (χ1) is 10.1. The Hall–Kier alpha value is -1.26. The summed E-state index contributed by atoms with van der Waals surface area (Å²) < 4.78 is 0. The monoisotopic (exact) mass is 328 g/mol. The third kappa shape index (κ3) is 4.35. The minimum absolute atomic E-state index is 0.0317. The van der Waals surface area contributed by atoms with Gasteiger partial charge in [0, 0.05) is 47.7 Å². The molecule has 4 nitrogen and oxygen atoms in total. The summed E-state index contributed by atoms with van der Waals surface area (Å²) in [6.45, 7) is 1.48. The van der Waals surface area contributed by atoms with Gasteiger partial charge in [0.25, 0.3) is 0 Å². The van der Waals surface area contributed by atoms with Crippen LogP contribution in [0.5, 0.6) is 0 Å². The zero-order chi connectivity index (χ0) is 15.2. The molecule has 21 heavy (non-hydrogen) atoms. The molecule has 0 aliphatic carbocycles. The number of carbonyl (C=O) groups is 2. The van der Waals surface area contributed by atoms with Crippen LogP contribution in [0, 0.1) is 0 Å². The van der Waals surface area contributed by atoms with E-state index in [4.69, 9.17) is 23.2 Å². The lowest BCUT2D eigenvalue weighted by Gasteiger charge is -2.21. The van der Waals surface area contributed by atoms with Crippen molar-refractivity contribution in [1.29, 1.82) is 0 Å². The van der Waals surface area contributed by atoms with Gasteiger partial charge in [-0.2, -0.15) is 0 Å². The molecule has 2 rings (SSSR count). The Morgan fingerprint density at radius 2 is 2.29 bits per heavy atom. The van der Waals surface area contributed by atoms with Crippen molar-refractivity contribution < 1.29 is 9.59 Å². The zero-order valence-corrected chi connectivity index (χ0v) is 13.2. The van der Waals surface area contributed by atoms with Gasteiger partial charge in [0.1, 0.15) is 0 Å². The molecular formula is C15H18Cl2N2O2. The Bertz CT molecular complexity index is 522. The summed E-state index contributed by atoms with van der Waals surface area (Å²) in [5, 5.41) is 3.61. The highest BCUT2D eigenvalue weighted by molar-refractivity contribution is 6.31. The van der Waals surface area contributed by atoms with Crippen LogP contribution in [-0.4, -0.2) is 37.2 Å². The normalized spacial score (nSPS) is 17.8. The molecule has 0 spiro atoms. The molecule has 1 aliphatic heterocycles. The maximum absolute atomic E-state index is 11.7. The molecule has 1 aromatic carbocycles. The summed E-state index contributed by atoms with van der Waals surface area (Å²) in [7, 11) is 0. The van der Waals surface area contributed by atoms with Crippen LogP contribution in [0.25, 0.3) is 0 Å². The van der Waals surface area contributed by atoms with Gasteiger partial charge in [0.15, 0.2) is 6.29 Å². The minimum Gasteiger partial charge on any atom is -0.369 e. The van der Waals surface area contributed by atoms with E-state index in [-0.39, 0.29) is 11.9 Å². The summed E-state index contributed by atoms with van der Waals surface area (Å²) >= 11 is 11.6. The van der Waals surface area contributed by atoms with Gasteiger partial charge >= 0.3 is 0 Å². The van der Waals surface area contributed by atoms with Crippen LogP contribution in [0.1, 0.15) is 29.6 Å². The van der Waals surface area contributed by atoms with Crippen LogP contribution in [0.15, 0.2) is 18.2 Å². The topological polar surface area (TPSA) is 49.4 Å². The van der Waals surface area contributed by atoms with Crippen molar-refractivity contribution in [3.8, 4) is 0 Å². The number of anilines is 1. The molecular weight excluding hydrogens is 311 g/mol. The van der Waals surface area contributed by atoms with E-state index in [0.717, 1.165) is 24.9 Å². The number of rotatable bonds is 6. The quantitative estimate of drug-likeness (QED) is 0.645. The Kier molecular flexibility index (Phi) is 5.88. The van der Waals surface area contributed by atoms with E-state index in [1.807, 2.05) is 0 Å². The van der Waals surface area contributed by atoms with E-state index in [2.05, 4.69) is 10.2 Å². The lowest BCUT2D eigenvalue weighted by atomic mass is 10.2. The molecule has 0 aromatic heterocycles. The molecule has 1 amide bonds. The fraction of sp³-hybridized carbons (Fsp3) is 0.467. The maximum Gasteiger partial charge on any atom is 0.220 e. The molecule has 0 radical (unpaired) electrons. The Morgan fingerprint density at radius 1 is 1.48 bits per heavy atom. The van der Waals surface area contributed by atoms with Gasteiger partial charge in [-0.3, -0.25) is 9.59 Å². The number of alkyl halides is 1. The second-order valence-corrected chi connectivity index (χ2v) is 5.93. The molecule has 1 saturated heterocycles. The fourth-order valence-electron chi connectivity index (χ4n) is 2.51. The number of hydrogen-bond acceptors (Lipinski definition) is 3. The van der Waals surface area contributed by atoms with Crippen LogP contribution in [0.2, 0.25) is 5.02 Å². The van der Waals surface area contributed by atoms with E-state index >= 15 is 0 Å². The zero-order valence-electron chi connectivity index (χ0n) is 11.6. The fourth-order valence-corrected chi connectivity index (χ4v) is 2.81. The van der Waals surface area contributed by atoms with E-state index in [0.29, 0.717) is 35.9 Å². The number of benzene rings is 1. The third-order valence-corrected chi connectivity index (χ3v) is 4.05. The summed E-state index contributed by atoms with van der Waals surface area (Å²) in [5.41, 5.74) is 1.45. The highest BCUT2D eigenvalue weighted by Gasteiger charge is 2.25. The summed E-state index contributed by atoms with van der Waals surface area (Å²) in [6, 6.07) is 5.32. The highest BCUT2D eigenvalue weighted by Crippen LogP contribution is 2.27. The van der Waals surface area contributed by atoms with Gasteiger partial charge in [0.05, 0.1) is 0 Å². The van der Waals surface area contributed by atoms with E-state index in [1.54, 1.807) is 18.2 Å². The highest BCUT2D eigenvalue weighted by atomic mass is 35.5. The number of amides is 1. The predicted octanol–water partition coefficient (Wildman–Crippen LogP) is 2.87. The first-order valence-corrected chi connectivity index (χ1v) is 7.90. The Morgan fingerprint density at radius 3 is 3.00 bits per heavy atom. The lowest BCUT2D eigenvalue weighted by molar-refractivity contribution is -0.121. The number of nitrogens with zero attached hydrogens (tertiary/aromatic N) is 1. The molecule has 114 valence electrons. The second-order valence-electron chi connectivity index (χ2n) is 5.11. The van der Waals surface area contributed by atoms with Crippen molar-refractivity contribution in [2.45, 2.75) is 25.3 Å². The van der Waals surface area contributed by atoms with Crippen LogP contribution in [-0.2, 0) is 4.79 Å². The SMILES string of the molecule is O=Cc1ccc(Cl)cc1N1CC[C@@H](NC(=O)CCCCl)C1. The van der Waals surface area contributed by atoms with Gasteiger partial charge in [-0.1, -0.05) is 11.6 Å². The van der Waals surface area contributed by atoms with Gasteiger partial charge in [-0.15, -0.1) is 11.6 Å². The summed E-state index contributed by atoms with van der Waals surface area (Å²) in [5.74, 6) is 0.527.